The van der Waals surface area contributed by atoms with Crippen molar-refractivity contribution in [3.63, 3.8) is 0 Å². The summed E-state index contributed by atoms with van der Waals surface area (Å²) in [5.74, 6) is -2.13. The Morgan fingerprint density at radius 3 is 2.65 bits per heavy atom. The normalized spacial score (nSPS) is 17.4. The minimum atomic E-state index is -0.873. The van der Waals surface area contributed by atoms with E-state index in [2.05, 4.69) is 5.18 Å². The zero-order valence-electron chi connectivity index (χ0n) is 10.3. The van der Waals surface area contributed by atoms with Gasteiger partial charge in [0.25, 0.3) is 11.8 Å². The van der Waals surface area contributed by atoms with E-state index in [1.54, 1.807) is 0 Å². The maximum Gasteiger partial charge on any atom is 0.331 e. The van der Waals surface area contributed by atoms with Gasteiger partial charge in [0.1, 0.15) is 11.3 Å². The number of imide groups is 2. The number of nitrogens with one attached hydrogen (secondary N) is 1. The molecule has 1 aromatic rings. The van der Waals surface area contributed by atoms with Gasteiger partial charge in [-0.2, -0.15) is 0 Å². The van der Waals surface area contributed by atoms with Crippen LogP contribution in [0.15, 0.2) is 28.9 Å². The molecule has 0 unspecified atom stereocenters. The Morgan fingerprint density at radius 1 is 1.30 bits per heavy atom. The highest BCUT2D eigenvalue weighted by molar-refractivity contribution is 6.30. The Bertz CT molecular complexity index is 665. The van der Waals surface area contributed by atoms with Gasteiger partial charge in [-0.05, 0) is 17.3 Å². The predicted molar refractivity (Wildman–Crippen MR) is 67.8 cm³/mol. The number of phenolic OH excluding ortho intramolecular Hbond substituents is 1. The largest absolute Gasteiger partial charge is 0.505 e. The standard InChI is InChI=1S/C12H9N3O5/c1-15-11(18)7(10(17)13-12(15)19)5-6-3-2-4-8(14-20)9(6)16/h2-5,16H,1H3,(H,13,17,19)/b7-5+. The van der Waals surface area contributed by atoms with Gasteiger partial charge in [0.2, 0.25) is 0 Å². The van der Waals surface area contributed by atoms with Crippen LogP contribution >= 0.6 is 0 Å². The topological polar surface area (TPSA) is 116 Å². The average molecular weight is 275 g/mol. The molecular formula is C12H9N3O5. The summed E-state index contributed by atoms with van der Waals surface area (Å²) < 4.78 is 0. The van der Waals surface area contributed by atoms with E-state index in [-0.39, 0.29) is 16.8 Å². The number of hydrogen-bond acceptors (Lipinski definition) is 6. The van der Waals surface area contributed by atoms with E-state index in [0.29, 0.717) is 0 Å². The van der Waals surface area contributed by atoms with Crippen molar-refractivity contribution in [2.24, 2.45) is 5.18 Å². The summed E-state index contributed by atoms with van der Waals surface area (Å²) in [7, 11) is 1.21. The number of barbiturate groups is 1. The van der Waals surface area contributed by atoms with E-state index in [1.807, 2.05) is 5.32 Å². The Morgan fingerprint density at radius 2 is 2.00 bits per heavy atom. The number of benzene rings is 1. The van der Waals surface area contributed by atoms with Crippen LogP contribution in [0.3, 0.4) is 0 Å². The number of likely N-dealkylation sites (N-methyl/N-ethyl adjacent to an activating group) is 1. The number of urea groups is 1. The molecular weight excluding hydrogens is 266 g/mol. The first kappa shape index (κ1) is 13.4. The Hall–Kier alpha value is -3.03. The fourth-order valence-electron chi connectivity index (χ4n) is 1.64. The zero-order valence-corrected chi connectivity index (χ0v) is 10.3. The molecule has 0 bridgehead atoms. The quantitative estimate of drug-likeness (QED) is 0.472. The fourth-order valence-corrected chi connectivity index (χ4v) is 1.64. The number of nitrogens with zero attached hydrogens (tertiary/aromatic N) is 2. The number of hydrogen-bond donors (Lipinski definition) is 2. The summed E-state index contributed by atoms with van der Waals surface area (Å²) >= 11 is 0. The van der Waals surface area contributed by atoms with E-state index < -0.39 is 23.6 Å². The van der Waals surface area contributed by atoms with Crippen molar-refractivity contribution in [1.82, 2.24) is 10.2 Å². The summed E-state index contributed by atoms with van der Waals surface area (Å²) in [5.41, 5.74) is -0.471. The molecule has 0 aliphatic carbocycles. The summed E-state index contributed by atoms with van der Waals surface area (Å²) in [5, 5.41) is 14.3. The van der Waals surface area contributed by atoms with Crippen molar-refractivity contribution in [2.75, 3.05) is 7.05 Å². The van der Waals surface area contributed by atoms with E-state index >= 15 is 0 Å². The molecule has 0 aromatic heterocycles. The number of aromatic hydroxyl groups is 1. The van der Waals surface area contributed by atoms with Crippen molar-refractivity contribution >= 4 is 29.6 Å². The first-order valence-electron chi connectivity index (χ1n) is 5.46. The van der Waals surface area contributed by atoms with Crippen molar-refractivity contribution in [3.05, 3.63) is 34.2 Å². The van der Waals surface area contributed by atoms with E-state index in [9.17, 15) is 24.4 Å². The third kappa shape index (κ3) is 2.14. The van der Waals surface area contributed by atoms with Gasteiger partial charge in [-0.1, -0.05) is 12.1 Å². The predicted octanol–water partition coefficient (Wildman–Crippen LogP) is 0.882. The lowest BCUT2D eigenvalue weighted by Crippen LogP contribution is -2.52. The molecule has 2 rings (SSSR count). The van der Waals surface area contributed by atoms with Crippen LogP contribution in [0.5, 0.6) is 5.75 Å². The first-order chi connectivity index (χ1) is 9.45. The highest BCUT2D eigenvalue weighted by Gasteiger charge is 2.33. The second-order valence-electron chi connectivity index (χ2n) is 3.99. The maximum atomic E-state index is 11.8. The van der Waals surface area contributed by atoms with Gasteiger partial charge in [0, 0.05) is 12.6 Å². The lowest BCUT2D eigenvalue weighted by Gasteiger charge is -2.22. The van der Waals surface area contributed by atoms with Gasteiger partial charge in [0.15, 0.2) is 5.75 Å². The molecule has 4 amide bonds. The maximum absolute atomic E-state index is 11.8. The molecule has 0 radical (unpaired) electrons. The zero-order chi connectivity index (χ0) is 14.9. The van der Waals surface area contributed by atoms with Gasteiger partial charge >= 0.3 is 6.03 Å². The Kier molecular flexibility index (Phi) is 3.30. The highest BCUT2D eigenvalue weighted by atomic mass is 16.3. The lowest BCUT2D eigenvalue weighted by atomic mass is 10.1. The third-order valence-electron chi connectivity index (χ3n) is 2.75. The van der Waals surface area contributed by atoms with Crippen molar-refractivity contribution in [1.29, 1.82) is 0 Å². The average Bonchev–Trinajstić information content (AvgIpc) is 2.43. The van der Waals surface area contributed by atoms with Crippen LogP contribution < -0.4 is 5.32 Å². The molecule has 8 nitrogen and oxygen atoms in total. The van der Waals surface area contributed by atoms with Crippen LogP contribution in [0.1, 0.15) is 5.56 Å². The number of carbonyl (C=O) groups excluding carboxylic acids is 3. The minimum absolute atomic E-state index is 0.0725. The number of para-hydroxylation sites is 1. The van der Waals surface area contributed by atoms with Crippen molar-refractivity contribution in [2.45, 2.75) is 0 Å². The van der Waals surface area contributed by atoms with Crippen LogP contribution in [0, 0.1) is 4.91 Å². The molecule has 1 heterocycles. The highest BCUT2D eigenvalue weighted by Crippen LogP contribution is 2.31. The lowest BCUT2D eigenvalue weighted by molar-refractivity contribution is -0.129. The van der Waals surface area contributed by atoms with Gasteiger partial charge in [0.05, 0.1) is 0 Å². The molecule has 1 aliphatic rings. The molecule has 0 saturated carbocycles. The molecule has 20 heavy (non-hydrogen) atoms. The smallest absolute Gasteiger partial charge is 0.331 e. The third-order valence-corrected chi connectivity index (χ3v) is 2.75. The van der Waals surface area contributed by atoms with E-state index in [4.69, 9.17) is 0 Å². The first-order valence-corrected chi connectivity index (χ1v) is 5.46. The number of phenols is 1. The summed E-state index contributed by atoms with van der Waals surface area (Å²) in [6.07, 6.45) is 1.09. The number of nitroso groups, excluding NO2 is 1. The van der Waals surface area contributed by atoms with Crippen LogP contribution in [0.25, 0.3) is 6.08 Å². The second-order valence-corrected chi connectivity index (χ2v) is 3.99. The molecule has 1 aliphatic heterocycles. The molecule has 0 spiro atoms. The molecule has 1 fully saturated rings. The Balaban J connectivity index is 2.50. The number of carbonyl (C=O) groups is 3. The summed E-state index contributed by atoms with van der Waals surface area (Å²) in [4.78, 5) is 45.9. The van der Waals surface area contributed by atoms with Gasteiger partial charge < -0.3 is 5.11 Å². The summed E-state index contributed by atoms with van der Waals surface area (Å²) in [6.45, 7) is 0. The minimum Gasteiger partial charge on any atom is -0.505 e. The molecule has 102 valence electrons. The second kappa shape index (κ2) is 4.92. The SMILES string of the molecule is CN1C(=O)NC(=O)/C(=C\c2cccc(N=O)c2O)C1=O. The van der Waals surface area contributed by atoms with Crippen LogP contribution in [0.2, 0.25) is 0 Å². The molecule has 2 N–H and O–H groups in total. The van der Waals surface area contributed by atoms with E-state index in [0.717, 1.165) is 11.0 Å². The Labute approximate surface area is 112 Å². The van der Waals surface area contributed by atoms with Crippen LogP contribution in [-0.2, 0) is 9.59 Å². The fraction of sp³-hybridized carbons (Fsp3) is 0.0833. The van der Waals surface area contributed by atoms with Crippen molar-refractivity contribution in [3.8, 4) is 5.75 Å². The van der Waals surface area contributed by atoms with Crippen LogP contribution in [-0.4, -0.2) is 34.9 Å². The van der Waals surface area contributed by atoms with E-state index in [1.165, 1.54) is 25.2 Å². The van der Waals surface area contributed by atoms with Gasteiger partial charge in [-0.15, -0.1) is 4.91 Å². The van der Waals surface area contributed by atoms with Crippen molar-refractivity contribution < 1.29 is 19.5 Å². The van der Waals surface area contributed by atoms with Gasteiger partial charge in [-0.3, -0.25) is 19.8 Å². The monoisotopic (exact) mass is 275 g/mol. The molecule has 1 saturated heterocycles. The molecule has 8 heteroatoms. The number of rotatable bonds is 2. The molecule has 0 atom stereocenters. The van der Waals surface area contributed by atoms with Crippen LogP contribution in [0.4, 0.5) is 10.5 Å². The summed E-state index contributed by atoms with van der Waals surface area (Å²) in [6, 6.07) is 3.28. The molecule has 1 aromatic carbocycles. The van der Waals surface area contributed by atoms with Gasteiger partial charge in [-0.25, -0.2) is 4.79 Å². The number of amides is 4.